The number of amides is 2. The monoisotopic (exact) mass is 914 g/mol. The predicted molar refractivity (Wildman–Crippen MR) is 238 cm³/mol. The lowest BCUT2D eigenvalue weighted by atomic mass is 10.1. The molecule has 0 atom stereocenters. The Kier molecular flexibility index (Phi) is 16.3. The second-order valence-electron chi connectivity index (χ2n) is 15.2. The Hall–Kier alpha value is -7.53. The van der Waals surface area contributed by atoms with Crippen molar-refractivity contribution in [2.24, 2.45) is 0 Å². The van der Waals surface area contributed by atoms with E-state index in [-0.39, 0.29) is 46.4 Å². The van der Waals surface area contributed by atoms with Crippen LogP contribution in [0.3, 0.4) is 0 Å². The lowest BCUT2D eigenvalue weighted by molar-refractivity contribution is -0.672. The summed E-state index contributed by atoms with van der Waals surface area (Å²) in [6.45, 7) is 3.99. The molecule has 0 radical (unpaired) electrons. The fraction of sp³-hybridized carbons (Fsp3) is 0.349. The Morgan fingerprint density at radius 1 is 0.561 bits per heavy atom. The first-order valence-corrected chi connectivity index (χ1v) is 21.1. The van der Waals surface area contributed by atoms with E-state index in [1.54, 1.807) is 49.5 Å². The molecular weight excluding hydrogens is 866 g/mol. The molecule has 3 aromatic heterocycles. The van der Waals surface area contributed by atoms with Gasteiger partial charge in [-0.2, -0.15) is 13.2 Å². The molecule has 0 unspecified atom stereocenters. The second kappa shape index (κ2) is 22.4. The highest BCUT2D eigenvalue weighted by atomic mass is 19.4. The van der Waals surface area contributed by atoms with Crippen molar-refractivity contribution < 1.29 is 41.9 Å². The summed E-state index contributed by atoms with van der Waals surface area (Å²) < 4.78 is 37.3. The van der Waals surface area contributed by atoms with Crippen LogP contribution in [0.15, 0.2) is 91.0 Å². The normalized spacial score (nSPS) is 11.6. The third kappa shape index (κ3) is 12.6. The molecule has 0 saturated carbocycles. The van der Waals surface area contributed by atoms with E-state index < -0.39 is 12.1 Å². The van der Waals surface area contributed by atoms with Crippen molar-refractivity contribution in [2.75, 3.05) is 77.1 Å². The molecule has 0 aliphatic rings. The van der Waals surface area contributed by atoms with Gasteiger partial charge in [0.15, 0.2) is 11.0 Å². The van der Waals surface area contributed by atoms with E-state index in [1.165, 1.54) is 12.1 Å². The van der Waals surface area contributed by atoms with Crippen molar-refractivity contribution >= 4 is 67.8 Å². The highest BCUT2D eigenvalue weighted by molar-refractivity contribution is 6.06. The number of aromatic nitrogens is 8. The number of carbonyl (C=O) groups is 2. The molecule has 4 aromatic carbocycles. The summed E-state index contributed by atoms with van der Waals surface area (Å²) in [6.07, 6.45) is -2.36. The summed E-state index contributed by atoms with van der Waals surface area (Å²) in [5.41, 5.74) is 4.21. The van der Waals surface area contributed by atoms with Crippen molar-refractivity contribution in [2.45, 2.75) is 31.9 Å². The van der Waals surface area contributed by atoms with Gasteiger partial charge in [0.1, 0.15) is 5.52 Å². The number of rotatable bonds is 19. The van der Waals surface area contributed by atoms with Gasteiger partial charge in [-0.05, 0) is 89.3 Å². The smallest absolute Gasteiger partial charge is 0.471 e. The van der Waals surface area contributed by atoms with Gasteiger partial charge in [-0.15, -0.1) is 0 Å². The Morgan fingerprint density at radius 2 is 0.985 bits per heavy atom. The third-order valence-electron chi connectivity index (χ3n) is 10.2. The first-order chi connectivity index (χ1) is 31.7. The number of hydrogen-bond acceptors (Lipinski definition) is 14. The van der Waals surface area contributed by atoms with Gasteiger partial charge in [0, 0.05) is 48.0 Å². The van der Waals surface area contributed by atoms with Gasteiger partial charge in [0.05, 0.1) is 35.2 Å². The summed E-state index contributed by atoms with van der Waals surface area (Å²) in [5, 5.41) is 66.6. The second-order valence-corrected chi connectivity index (χ2v) is 15.2. The predicted octanol–water partition coefficient (Wildman–Crippen LogP) is 2.46. The van der Waals surface area contributed by atoms with Crippen LogP contribution >= 0.6 is 0 Å². The van der Waals surface area contributed by atoms with E-state index in [4.69, 9.17) is 0 Å². The topological polar surface area (TPSA) is 248 Å². The van der Waals surface area contributed by atoms with Crippen molar-refractivity contribution in [3.05, 3.63) is 117 Å². The van der Waals surface area contributed by atoms with Crippen molar-refractivity contribution in [1.82, 2.24) is 40.6 Å². The molecule has 3 heterocycles. The molecule has 7 rings (SSSR count). The molecule has 4 N–H and O–H groups in total. The Morgan fingerprint density at radius 3 is 1.48 bits per heavy atom. The molecular formula is C43H49F3N14O6. The van der Waals surface area contributed by atoms with Crippen LogP contribution < -0.4 is 40.4 Å². The first-order valence-electron chi connectivity index (χ1n) is 21.1. The number of hydrogen-bond donors (Lipinski definition) is 4. The van der Waals surface area contributed by atoms with Gasteiger partial charge in [-0.1, -0.05) is 42.5 Å². The van der Waals surface area contributed by atoms with Crippen molar-refractivity contribution in [3.63, 3.8) is 0 Å². The molecule has 7 aromatic rings. The minimum absolute atomic E-state index is 0.0183. The maximum atomic E-state index is 12.9. The molecule has 0 saturated heterocycles. The van der Waals surface area contributed by atoms with Gasteiger partial charge < -0.3 is 41.3 Å². The maximum absolute atomic E-state index is 12.9. The standard InChI is InChI=1S/C27H28N8O3.C16H21F3N6O3/c1-33(18-8-16-29-27-32-35(38)24-14-5-4-13-23(24)34(27)37)17-7-15-28-26(36)19-9-6-12-22-25(19)31-21-11-3-2-10-20(21)30-22;1-23(10-4-8-20-14(26)16(17,18)19)11-5-9-21-15-22-25(28)13-7-3-2-6-12(13)24(15)27/h2-6,9-14H,7-8,15-18H2,1H3,(H,28,36)(H,29,32);2-3,6-7H,4-5,8-11H2,1H3,(H,20,26)(H,21,22). The quantitative estimate of drug-likeness (QED) is 0.0394. The summed E-state index contributed by atoms with van der Waals surface area (Å²) in [4.78, 5) is 37.7. The zero-order valence-corrected chi connectivity index (χ0v) is 36.2. The van der Waals surface area contributed by atoms with Gasteiger partial charge in [0.25, 0.3) is 16.9 Å². The molecule has 348 valence electrons. The maximum Gasteiger partial charge on any atom is 0.471 e. The number of fused-ring (bicyclic) bond motifs is 4. The lowest BCUT2D eigenvalue weighted by Gasteiger charge is -2.16. The minimum Gasteiger partial charge on any atom is -0.739 e. The average molecular weight is 915 g/mol. The zero-order valence-electron chi connectivity index (χ0n) is 36.2. The van der Waals surface area contributed by atoms with Crippen LogP contribution in [0.1, 0.15) is 36.0 Å². The molecule has 0 aliphatic carbocycles. The van der Waals surface area contributed by atoms with Crippen LogP contribution in [0.2, 0.25) is 0 Å². The third-order valence-corrected chi connectivity index (χ3v) is 10.2. The zero-order chi connectivity index (χ0) is 47.2. The highest BCUT2D eigenvalue weighted by Crippen LogP contribution is 2.19. The van der Waals surface area contributed by atoms with Crippen molar-refractivity contribution in [1.29, 1.82) is 0 Å². The van der Waals surface area contributed by atoms with E-state index in [9.17, 15) is 43.6 Å². The SMILES string of the molecule is CN(CCCNC(=O)C(F)(F)F)CCCNc1n[n+]([O-])c2ccccc2[n+]1[O-].CN(CCCNC(=O)c1cccc2nc3ccccc3nc12)CCCNc1n[n+]([O-])c2ccccc2[n+]1[O-]. The summed E-state index contributed by atoms with van der Waals surface area (Å²) in [6, 6.07) is 25.9. The first kappa shape index (κ1) is 47.9. The minimum atomic E-state index is -4.87. The molecule has 0 aliphatic heterocycles. The summed E-state index contributed by atoms with van der Waals surface area (Å²) in [5.74, 6) is -2.23. The molecule has 0 spiro atoms. The number of carbonyl (C=O) groups excluding carboxylic acids is 2. The van der Waals surface area contributed by atoms with E-state index in [0.29, 0.717) is 81.3 Å². The Labute approximate surface area is 376 Å². The van der Waals surface area contributed by atoms with Crippen LogP contribution in [-0.2, 0) is 4.79 Å². The fourth-order valence-corrected chi connectivity index (χ4v) is 6.84. The Balaban J connectivity index is 0.000000230. The van der Waals surface area contributed by atoms with Gasteiger partial charge in [-0.3, -0.25) is 20.2 Å². The van der Waals surface area contributed by atoms with Crippen LogP contribution in [-0.4, -0.2) is 114 Å². The molecule has 2 amide bonds. The summed E-state index contributed by atoms with van der Waals surface area (Å²) in [7, 11) is 3.79. The summed E-state index contributed by atoms with van der Waals surface area (Å²) >= 11 is 0. The molecule has 0 bridgehead atoms. The number of halogens is 3. The molecule has 0 fully saturated rings. The van der Waals surface area contributed by atoms with Gasteiger partial charge in [0.2, 0.25) is 10.2 Å². The Bertz CT molecular complexity index is 2790. The van der Waals surface area contributed by atoms with Gasteiger partial charge >= 0.3 is 24.0 Å². The van der Waals surface area contributed by atoms with Crippen molar-refractivity contribution in [3.8, 4) is 0 Å². The largest absolute Gasteiger partial charge is 0.739 e. The van der Waals surface area contributed by atoms with Crippen LogP contribution in [0.4, 0.5) is 25.1 Å². The molecule has 23 heteroatoms. The number of para-hydroxylation sites is 7. The van der Waals surface area contributed by atoms with E-state index in [1.807, 2.05) is 53.7 Å². The molecule has 20 nitrogen and oxygen atoms in total. The number of benzene rings is 4. The highest BCUT2D eigenvalue weighted by Gasteiger charge is 2.38. The van der Waals surface area contributed by atoms with E-state index >= 15 is 0 Å². The fourth-order valence-electron chi connectivity index (χ4n) is 6.84. The molecule has 66 heavy (non-hydrogen) atoms. The van der Waals surface area contributed by atoms with Gasteiger partial charge in [-0.25, -0.2) is 19.4 Å². The number of alkyl halides is 3. The number of nitrogens with zero attached hydrogens (tertiary/aromatic N) is 10. The average Bonchev–Trinajstić information content (AvgIpc) is 3.31. The van der Waals surface area contributed by atoms with E-state index in [0.717, 1.165) is 37.0 Å². The lowest BCUT2D eigenvalue weighted by Crippen LogP contribution is -2.44. The van der Waals surface area contributed by atoms with Crippen LogP contribution in [0.5, 0.6) is 0 Å². The number of nitrogens with one attached hydrogen (secondary N) is 4. The van der Waals surface area contributed by atoms with Crippen LogP contribution in [0.25, 0.3) is 44.1 Å². The van der Waals surface area contributed by atoms with Crippen LogP contribution in [0, 0.1) is 20.8 Å². The number of anilines is 2. The van der Waals surface area contributed by atoms with E-state index in [2.05, 4.69) is 41.0 Å².